The first kappa shape index (κ1) is 19.2. The Hall–Kier alpha value is -3.15. The average Bonchev–Trinajstić information content (AvgIpc) is 2.61. The highest BCUT2D eigenvalue weighted by molar-refractivity contribution is 5.97. The van der Waals surface area contributed by atoms with Crippen LogP contribution in [0.3, 0.4) is 0 Å². The maximum Gasteiger partial charge on any atom is 0.326 e. The molecule has 2 N–H and O–H groups in total. The third-order valence-electron chi connectivity index (χ3n) is 3.76. The molecule has 2 aromatic carbocycles. The van der Waals surface area contributed by atoms with Crippen molar-refractivity contribution in [3.63, 3.8) is 0 Å². The van der Waals surface area contributed by atoms with Gasteiger partial charge in [-0.3, -0.25) is 9.59 Å². The molecule has 0 fully saturated rings. The fraction of sp³-hybridized carbons (Fsp3) is 0.250. The lowest BCUT2D eigenvalue weighted by Gasteiger charge is -2.15. The van der Waals surface area contributed by atoms with Crippen molar-refractivity contribution in [2.24, 2.45) is 0 Å². The van der Waals surface area contributed by atoms with E-state index in [1.165, 1.54) is 19.1 Å². The molecule has 6 nitrogen and oxygen atoms in total. The van der Waals surface area contributed by atoms with E-state index in [2.05, 4.69) is 5.32 Å². The summed E-state index contributed by atoms with van der Waals surface area (Å²) in [6.45, 7) is 1.26. The van der Waals surface area contributed by atoms with Crippen LogP contribution in [0.25, 0.3) is 0 Å². The topological polar surface area (TPSA) is 92.7 Å². The van der Waals surface area contributed by atoms with Crippen molar-refractivity contribution in [3.05, 3.63) is 65.7 Å². The number of carbonyl (C=O) groups excluding carboxylic acids is 2. The summed E-state index contributed by atoms with van der Waals surface area (Å²) in [5.74, 6) is -1.86. The van der Waals surface area contributed by atoms with E-state index in [1.54, 1.807) is 12.1 Å². The second-order valence-corrected chi connectivity index (χ2v) is 5.86. The van der Waals surface area contributed by atoms with Gasteiger partial charge in [0.25, 0.3) is 5.91 Å². The fourth-order valence-electron chi connectivity index (χ4n) is 2.52. The second-order valence-electron chi connectivity index (χ2n) is 5.86. The summed E-state index contributed by atoms with van der Waals surface area (Å²) in [5, 5.41) is 11.9. The van der Waals surface area contributed by atoms with Crippen molar-refractivity contribution in [2.75, 3.05) is 0 Å². The van der Waals surface area contributed by atoms with Crippen LogP contribution in [0.5, 0.6) is 5.75 Å². The molecule has 0 bridgehead atoms. The molecule has 0 aliphatic carbocycles. The molecule has 0 heterocycles. The van der Waals surface area contributed by atoms with Crippen LogP contribution < -0.4 is 10.1 Å². The number of esters is 1. The molecule has 0 saturated heterocycles. The monoisotopic (exact) mass is 355 g/mol. The van der Waals surface area contributed by atoms with Crippen LogP contribution in [0.1, 0.15) is 35.7 Å². The molecule has 0 radical (unpaired) electrons. The van der Waals surface area contributed by atoms with Gasteiger partial charge >= 0.3 is 11.9 Å². The van der Waals surface area contributed by atoms with Crippen molar-refractivity contribution in [1.82, 2.24) is 5.32 Å². The van der Waals surface area contributed by atoms with Gasteiger partial charge in [0, 0.05) is 12.5 Å². The zero-order valence-corrected chi connectivity index (χ0v) is 14.5. The summed E-state index contributed by atoms with van der Waals surface area (Å²) in [7, 11) is 0. The number of aryl methyl sites for hydroxylation is 1. The SMILES string of the molecule is CC(=O)Oc1cccc(C(=O)N[C@@H](CCCc2ccccc2)C(=O)O)c1. The molecule has 0 aliphatic heterocycles. The molecule has 26 heavy (non-hydrogen) atoms. The summed E-state index contributed by atoms with van der Waals surface area (Å²) < 4.78 is 4.94. The van der Waals surface area contributed by atoms with Gasteiger partial charge in [-0.15, -0.1) is 0 Å². The van der Waals surface area contributed by atoms with E-state index in [1.807, 2.05) is 30.3 Å². The van der Waals surface area contributed by atoms with Gasteiger partial charge < -0.3 is 15.2 Å². The summed E-state index contributed by atoms with van der Waals surface area (Å²) in [5.41, 5.74) is 1.36. The van der Waals surface area contributed by atoms with Gasteiger partial charge in [0.2, 0.25) is 0 Å². The van der Waals surface area contributed by atoms with Crippen LogP contribution in [0.2, 0.25) is 0 Å². The van der Waals surface area contributed by atoms with Crippen molar-refractivity contribution >= 4 is 17.8 Å². The molecule has 1 atom stereocenters. The van der Waals surface area contributed by atoms with E-state index in [4.69, 9.17) is 4.74 Å². The normalized spacial score (nSPS) is 11.4. The van der Waals surface area contributed by atoms with Crippen LogP contribution in [0, 0.1) is 0 Å². The Kier molecular flexibility index (Phi) is 6.91. The summed E-state index contributed by atoms with van der Waals surface area (Å²) in [6.07, 6.45) is 1.69. The van der Waals surface area contributed by atoms with Gasteiger partial charge in [0.1, 0.15) is 11.8 Å². The molecular weight excluding hydrogens is 334 g/mol. The first-order valence-corrected chi connectivity index (χ1v) is 8.32. The molecule has 0 spiro atoms. The van der Waals surface area contributed by atoms with Crippen molar-refractivity contribution in [2.45, 2.75) is 32.2 Å². The van der Waals surface area contributed by atoms with Gasteiger partial charge in [-0.25, -0.2) is 4.79 Å². The van der Waals surface area contributed by atoms with E-state index < -0.39 is 23.9 Å². The molecule has 2 rings (SSSR count). The van der Waals surface area contributed by atoms with Crippen LogP contribution in [-0.2, 0) is 16.0 Å². The Labute approximate surface area is 151 Å². The molecular formula is C20H21NO5. The molecule has 0 unspecified atom stereocenters. The zero-order valence-electron chi connectivity index (χ0n) is 14.5. The summed E-state index contributed by atoms with van der Waals surface area (Å²) in [4.78, 5) is 34.7. The van der Waals surface area contributed by atoms with Crippen molar-refractivity contribution in [3.8, 4) is 5.75 Å². The summed E-state index contributed by atoms with van der Waals surface area (Å²) >= 11 is 0. The highest BCUT2D eigenvalue weighted by atomic mass is 16.5. The molecule has 0 saturated carbocycles. The number of nitrogens with one attached hydrogen (secondary N) is 1. The van der Waals surface area contributed by atoms with Crippen molar-refractivity contribution in [1.29, 1.82) is 0 Å². The third kappa shape index (κ3) is 6.05. The Morgan fingerprint density at radius 2 is 1.81 bits per heavy atom. The number of carbonyl (C=O) groups is 3. The van der Waals surface area contributed by atoms with Gasteiger partial charge in [0.15, 0.2) is 0 Å². The van der Waals surface area contributed by atoms with E-state index in [0.29, 0.717) is 12.8 Å². The molecule has 136 valence electrons. The number of benzene rings is 2. The van der Waals surface area contributed by atoms with Crippen LogP contribution in [0.15, 0.2) is 54.6 Å². The third-order valence-corrected chi connectivity index (χ3v) is 3.76. The second kappa shape index (κ2) is 9.36. The van der Waals surface area contributed by atoms with Crippen LogP contribution in [-0.4, -0.2) is 29.0 Å². The molecule has 2 aromatic rings. The highest BCUT2D eigenvalue weighted by Gasteiger charge is 2.20. The number of amides is 1. The fourth-order valence-corrected chi connectivity index (χ4v) is 2.52. The first-order chi connectivity index (χ1) is 12.5. The number of aliphatic carboxylic acids is 1. The number of carboxylic acids is 1. The largest absolute Gasteiger partial charge is 0.480 e. The maximum absolute atomic E-state index is 12.3. The Morgan fingerprint density at radius 1 is 1.08 bits per heavy atom. The summed E-state index contributed by atoms with van der Waals surface area (Å²) in [6, 6.07) is 14.8. The lowest BCUT2D eigenvalue weighted by molar-refractivity contribution is -0.139. The number of ether oxygens (including phenoxy) is 1. The quantitative estimate of drug-likeness (QED) is 0.561. The first-order valence-electron chi connectivity index (χ1n) is 8.32. The minimum absolute atomic E-state index is 0.234. The van der Waals surface area contributed by atoms with Gasteiger partial charge in [0.05, 0.1) is 0 Å². The van der Waals surface area contributed by atoms with E-state index in [-0.39, 0.29) is 11.3 Å². The van der Waals surface area contributed by atoms with E-state index in [0.717, 1.165) is 12.0 Å². The molecule has 1 amide bonds. The van der Waals surface area contributed by atoms with Crippen LogP contribution >= 0.6 is 0 Å². The molecule has 0 aliphatic rings. The van der Waals surface area contributed by atoms with Gasteiger partial charge in [-0.05, 0) is 43.0 Å². The minimum Gasteiger partial charge on any atom is -0.480 e. The van der Waals surface area contributed by atoms with Gasteiger partial charge in [-0.2, -0.15) is 0 Å². The predicted octanol–water partition coefficient (Wildman–Crippen LogP) is 2.82. The zero-order chi connectivity index (χ0) is 18.9. The van der Waals surface area contributed by atoms with Gasteiger partial charge in [-0.1, -0.05) is 36.4 Å². The Morgan fingerprint density at radius 3 is 2.46 bits per heavy atom. The number of hydrogen-bond acceptors (Lipinski definition) is 4. The number of carboxylic acid groups (broad SMARTS) is 1. The number of rotatable bonds is 8. The average molecular weight is 355 g/mol. The Bertz CT molecular complexity index is 773. The standard InChI is InChI=1S/C20H21NO5/c1-14(22)26-17-11-6-10-16(13-17)19(23)21-18(20(24)25)12-5-9-15-7-3-2-4-8-15/h2-4,6-8,10-11,13,18H,5,9,12H2,1H3,(H,21,23)(H,24,25)/t18-/m0/s1. The lowest BCUT2D eigenvalue weighted by atomic mass is 10.0. The molecule has 6 heteroatoms. The number of hydrogen-bond donors (Lipinski definition) is 2. The predicted molar refractivity (Wildman–Crippen MR) is 96.0 cm³/mol. The van der Waals surface area contributed by atoms with E-state index >= 15 is 0 Å². The Balaban J connectivity index is 1.95. The van der Waals surface area contributed by atoms with E-state index in [9.17, 15) is 19.5 Å². The van der Waals surface area contributed by atoms with Crippen LogP contribution in [0.4, 0.5) is 0 Å². The smallest absolute Gasteiger partial charge is 0.326 e. The lowest BCUT2D eigenvalue weighted by Crippen LogP contribution is -2.40. The minimum atomic E-state index is -1.08. The maximum atomic E-state index is 12.3. The highest BCUT2D eigenvalue weighted by Crippen LogP contribution is 2.14. The molecule has 0 aromatic heterocycles. The van der Waals surface area contributed by atoms with Crippen molar-refractivity contribution < 1.29 is 24.2 Å².